The highest BCUT2D eigenvalue weighted by molar-refractivity contribution is 5.29. The van der Waals surface area contributed by atoms with Gasteiger partial charge < -0.3 is 5.73 Å². The van der Waals surface area contributed by atoms with Gasteiger partial charge in [0.1, 0.15) is 5.82 Å². The third kappa shape index (κ3) is 2.66. The number of nitrogens with two attached hydrogens (primary N) is 1. The first-order valence-corrected chi connectivity index (χ1v) is 4.14. The van der Waals surface area contributed by atoms with Crippen LogP contribution in [0.5, 0.6) is 0 Å². The molecule has 0 spiro atoms. The Morgan fingerprint density at radius 2 is 1.69 bits per heavy atom. The fourth-order valence-corrected chi connectivity index (χ4v) is 1.11. The smallest absolute Gasteiger partial charge is 0.319 e. The lowest BCUT2D eigenvalue weighted by Gasteiger charge is -2.14. The number of halogens is 6. The SMILES string of the molecule is N[C@H](c1ccc(F)c(C(F)(F)F)c1)C(F)F. The molecule has 0 unspecified atom stereocenters. The van der Waals surface area contributed by atoms with Gasteiger partial charge in [0.05, 0.1) is 11.6 Å². The number of hydrogen-bond donors (Lipinski definition) is 1. The molecule has 0 saturated carbocycles. The summed E-state index contributed by atoms with van der Waals surface area (Å²) in [6, 6.07) is -0.282. The van der Waals surface area contributed by atoms with Crippen molar-refractivity contribution in [1.29, 1.82) is 0 Å². The first-order chi connectivity index (χ1) is 7.23. The largest absolute Gasteiger partial charge is 0.419 e. The van der Waals surface area contributed by atoms with Crippen molar-refractivity contribution in [3.8, 4) is 0 Å². The van der Waals surface area contributed by atoms with E-state index in [1.807, 2.05) is 0 Å². The summed E-state index contributed by atoms with van der Waals surface area (Å²) in [6.07, 6.45) is -7.94. The molecule has 16 heavy (non-hydrogen) atoms. The Bertz CT molecular complexity index is 373. The third-order valence-corrected chi connectivity index (χ3v) is 1.95. The lowest BCUT2D eigenvalue weighted by Crippen LogP contribution is -2.20. The predicted molar refractivity (Wildman–Crippen MR) is 44.3 cm³/mol. The van der Waals surface area contributed by atoms with Gasteiger partial charge in [-0.25, -0.2) is 13.2 Å². The van der Waals surface area contributed by atoms with E-state index < -0.39 is 35.6 Å². The van der Waals surface area contributed by atoms with Gasteiger partial charge in [-0.15, -0.1) is 0 Å². The minimum absolute atomic E-state index is 0.298. The van der Waals surface area contributed by atoms with Crippen molar-refractivity contribution in [3.63, 3.8) is 0 Å². The van der Waals surface area contributed by atoms with E-state index in [1.54, 1.807) is 0 Å². The van der Waals surface area contributed by atoms with Crippen LogP contribution in [0.25, 0.3) is 0 Å². The van der Waals surface area contributed by atoms with Gasteiger partial charge in [0.15, 0.2) is 0 Å². The molecule has 0 aromatic heterocycles. The lowest BCUT2D eigenvalue weighted by atomic mass is 10.0. The summed E-state index contributed by atoms with van der Waals surface area (Å²) >= 11 is 0. The topological polar surface area (TPSA) is 26.0 Å². The van der Waals surface area contributed by atoms with Gasteiger partial charge in [0.25, 0.3) is 6.43 Å². The Kier molecular flexibility index (Phi) is 3.47. The van der Waals surface area contributed by atoms with Crippen LogP contribution in [0.15, 0.2) is 18.2 Å². The zero-order valence-electron chi connectivity index (χ0n) is 7.73. The highest BCUT2D eigenvalue weighted by Crippen LogP contribution is 2.33. The van der Waals surface area contributed by atoms with Crippen molar-refractivity contribution in [1.82, 2.24) is 0 Å². The van der Waals surface area contributed by atoms with E-state index in [-0.39, 0.29) is 0 Å². The molecule has 7 heteroatoms. The number of benzene rings is 1. The van der Waals surface area contributed by atoms with Crippen LogP contribution in [-0.4, -0.2) is 6.43 Å². The maximum atomic E-state index is 12.8. The van der Waals surface area contributed by atoms with Crippen LogP contribution in [-0.2, 0) is 6.18 Å². The molecule has 1 atom stereocenters. The molecule has 0 bridgehead atoms. The Morgan fingerprint density at radius 1 is 1.12 bits per heavy atom. The van der Waals surface area contributed by atoms with E-state index in [4.69, 9.17) is 5.73 Å². The van der Waals surface area contributed by atoms with Crippen LogP contribution in [0, 0.1) is 5.82 Å². The number of rotatable bonds is 2. The number of hydrogen-bond acceptors (Lipinski definition) is 1. The minimum Gasteiger partial charge on any atom is -0.319 e. The molecule has 0 heterocycles. The molecule has 0 saturated heterocycles. The lowest BCUT2D eigenvalue weighted by molar-refractivity contribution is -0.140. The minimum atomic E-state index is -4.93. The van der Waals surface area contributed by atoms with Gasteiger partial charge in [0.2, 0.25) is 0 Å². The van der Waals surface area contributed by atoms with E-state index in [0.29, 0.717) is 12.1 Å². The maximum absolute atomic E-state index is 12.8. The average Bonchev–Trinajstić information content (AvgIpc) is 2.15. The van der Waals surface area contributed by atoms with Crippen LogP contribution in [0.4, 0.5) is 26.3 Å². The van der Waals surface area contributed by atoms with Crippen LogP contribution < -0.4 is 5.73 Å². The van der Waals surface area contributed by atoms with Gasteiger partial charge >= 0.3 is 6.18 Å². The van der Waals surface area contributed by atoms with E-state index in [0.717, 1.165) is 6.07 Å². The van der Waals surface area contributed by atoms with Gasteiger partial charge in [-0.05, 0) is 17.7 Å². The first-order valence-electron chi connectivity index (χ1n) is 4.14. The van der Waals surface area contributed by atoms with E-state index in [2.05, 4.69) is 0 Å². The predicted octanol–water partition coefficient (Wildman–Crippen LogP) is 3.11. The second kappa shape index (κ2) is 4.32. The molecule has 2 N–H and O–H groups in total. The molecule has 0 fully saturated rings. The van der Waals surface area contributed by atoms with Gasteiger partial charge in [0, 0.05) is 0 Å². The summed E-state index contributed by atoms with van der Waals surface area (Å²) in [5.74, 6) is -1.52. The molecule has 0 amide bonds. The molecule has 1 aromatic rings. The second-order valence-electron chi connectivity index (χ2n) is 3.10. The molecule has 90 valence electrons. The molecule has 1 nitrogen and oxygen atoms in total. The van der Waals surface area contributed by atoms with Crippen LogP contribution in [0.1, 0.15) is 17.2 Å². The average molecular weight is 243 g/mol. The normalized spacial score (nSPS) is 14.2. The second-order valence-corrected chi connectivity index (χ2v) is 3.10. The van der Waals surface area contributed by atoms with Crippen molar-refractivity contribution in [2.45, 2.75) is 18.6 Å². The van der Waals surface area contributed by atoms with Crippen molar-refractivity contribution in [2.24, 2.45) is 5.73 Å². The number of alkyl halides is 5. The van der Waals surface area contributed by atoms with E-state index in [9.17, 15) is 26.3 Å². The summed E-state index contributed by atoms with van der Waals surface area (Å²) in [6.45, 7) is 0. The summed E-state index contributed by atoms with van der Waals surface area (Å²) < 4.78 is 73.7. The molecule has 1 rings (SSSR count). The van der Waals surface area contributed by atoms with Gasteiger partial charge in [-0.3, -0.25) is 0 Å². The Labute approximate surface area is 86.9 Å². The van der Waals surface area contributed by atoms with Crippen LogP contribution >= 0.6 is 0 Å². The Hall–Kier alpha value is -1.24. The fourth-order valence-electron chi connectivity index (χ4n) is 1.11. The highest BCUT2D eigenvalue weighted by atomic mass is 19.4. The Balaban J connectivity index is 3.18. The van der Waals surface area contributed by atoms with Crippen LogP contribution in [0.2, 0.25) is 0 Å². The molecular weight excluding hydrogens is 236 g/mol. The quantitative estimate of drug-likeness (QED) is 0.793. The third-order valence-electron chi connectivity index (χ3n) is 1.95. The summed E-state index contributed by atoms with van der Waals surface area (Å²) in [5, 5.41) is 0. The summed E-state index contributed by atoms with van der Waals surface area (Å²) in [5.41, 5.74) is 2.91. The summed E-state index contributed by atoms with van der Waals surface area (Å²) in [4.78, 5) is 0. The van der Waals surface area contributed by atoms with Crippen molar-refractivity contribution in [3.05, 3.63) is 35.1 Å². The monoisotopic (exact) mass is 243 g/mol. The highest BCUT2D eigenvalue weighted by Gasteiger charge is 2.35. The van der Waals surface area contributed by atoms with Gasteiger partial charge in [-0.2, -0.15) is 13.2 Å². The molecule has 0 radical (unpaired) electrons. The maximum Gasteiger partial charge on any atom is 0.419 e. The molecular formula is C9H7F6N. The zero-order valence-corrected chi connectivity index (χ0v) is 7.73. The summed E-state index contributed by atoms with van der Waals surface area (Å²) in [7, 11) is 0. The van der Waals surface area contributed by atoms with E-state index in [1.165, 1.54) is 0 Å². The zero-order chi connectivity index (χ0) is 12.5. The molecule has 0 aliphatic rings. The standard InChI is InChI=1S/C9H7F6N/c10-6-2-1-4(7(16)8(11)12)3-5(6)9(13,14)15/h1-3,7-8H,16H2/t7-/m1/s1. The van der Waals surface area contributed by atoms with Gasteiger partial charge in [-0.1, -0.05) is 6.07 Å². The van der Waals surface area contributed by atoms with Crippen LogP contribution in [0.3, 0.4) is 0 Å². The fraction of sp³-hybridized carbons (Fsp3) is 0.333. The van der Waals surface area contributed by atoms with Crippen molar-refractivity contribution in [2.75, 3.05) is 0 Å². The first kappa shape index (κ1) is 12.8. The Morgan fingerprint density at radius 3 is 2.12 bits per heavy atom. The van der Waals surface area contributed by atoms with E-state index >= 15 is 0 Å². The molecule has 0 aliphatic heterocycles. The molecule has 0 aliphatic carbocycles. The van der Waals surface area contributed by atoms with Crippen molar-refractivity contribution < 1.29 is 26.3 Å². The van der Waals surface area contributed by atoms with Crippen molar-refractivity contribution >= 4 is 0 Å². The molecule has 1 aromatic carbocycles.